The normalized spacial score (nSPS) is 14.1. The molecule has 0 atom stereocenters. The zero-order chi connectivity index (χ0) is 23.2. The molecule has 0 aliphatic carbocycles. The van der Waals surface area contributed by atoms with Crippen LogP contribution in [0.4, 0.5) is 11.5 Å². The second-order valence-electron chi connectivity index (χ2n) is 8.22. The molecule has 0 saturated carbocycles. The first-order chi connectivity index (χ1) is 16.0. The van der Waals surface area contributed by atoms with E-state index in [9.17, 15) is 4.79 Å². The van der Waals surface area contributed by atoms with Gasteiger partial charge in [-0.2, -0.15) is 0 Å². The van der Waals surface area contributed by atoms with Gasteiger partial charge in [-0.25, -0.2) is 9.97 Å². The number of carbonyl (C=O) groups is 1. The SMILES string of the molecule is CCOc1ccc(NC(=O)C2CCN(c3cc(Oc4cccc(C)c4C)ncn3)CC2)cc1. The highest BCUT2D eigenvalue weighted by atomic mass is 16.5. The van der Waals surface area contributed by atoms with Crippen molar-refractivity contribution in [3.63, 3.8) is 0 Å². The maximum absolute atomic E-state index is 12.7. The lowest BCUT2D eigenvalue weighted by molar-refractivity contribution is -0.120. The summed E-state index contributed by atoms with van der Waals surface area (Å²) < 4.78 is 11.5. The number of anilines is 2. The molecule has 7 nitrogen and oxygen atoms in total. The van der Waals surface area contributed by atoms with Gasteiger partial charge in [0.15, 0.2) is 0 Å². The average molecular weight is 447 g/mol. The fraction of sp³-hybridized carbons (Fsp3) is 0.346. The van der Waals surface area contributed by atoms with E-state index in [-0.39, 0.29) is 11.8 Å². The summed E-state index contributed by atoms with van der Waals surface area (Å²) in [5.74, 6) is 2.96. The Kier molecular flexibility index (Phi) is 7.07. The topological polar surface area (TPSA) is 76.6 Å². The molecule has 4 rings (SSSR count). The van der Waals surface area contributed by atoms with Gasteiger partial charge in [0.25, 0.3) is 0 Å². The fourth-order valence-corrected chi connectivity index (χ4v) is 3.92. The Labute approximate surface area is 194 Å². The molecule has 1 saturated heterocycles. The maximum Gasteiger partial charge on any atom is 0.227 e. The average Bonchev–Trinajstić information content (AvgIpc) is 2.84. The van der Waals surface area contributed by atoms with E-state index >= 15 is 0 Å². The highest BCUT2D eigenvalue weighted by Gasteiger charge is 2.26. The number of amides is 1. The lowest BCUT2D eigenvalue weighted by Gasteiger charge is -2.32. The van der Waals surface area contributed by atoms with Crippen molar-refractivity contribution in [2.24, 2.45) is 5.92 Å². The Morgan fingerprint density at radius 2 is 1.85 bits per heavy atom. The summed E-state index contributed by atoms with van der Waals surface area (Å²) in [6.45, 7) is 8.17. The van der Waals surface area contributed by atoms with Crippen LogP contribution < -0.4 is 19.7 Å². The summed E-state index contributed by atoms with van der Waals surface area (Å²) in [5, 5.41) is 3.02. The van der Waals surface area contributed by atoms with E-state index in [2.05, 4.69) is 33.2 Å². The number of ether oxygens (including phenoxy) is 2. The Morgan fingerprint density at radius 1 is 1.09 bits per heavy atom. The van der Waals surface area contributed by atoms with Crippen LogP contribution in [0.15, 0.2) is 54.9 Å². The molecular formula is C26H30N4O3. The summed E-state index contributed by atoms with van der Waals surface area (Å²) in [7, 11) is 0. The van der Waals surface area contributed by atoms with Gasteiger partial charge in [-0.05, 0) is 75.1 Å². The Hall–Kier alpha value is -3.61. The number of hydrogen-bond donors (Lipinski definition) is 1. The number of nitrogens with one attached hydrogen (secondary N) is 1. The molecule has 7 heteroatoms. The number of rotatable bonds is 7. The Balaban J connectivity index is 1.33. The molecule has 1 aromatic heterocycles. The van der Waals surface area contributed by atoms with Crippen LogP contribution in [-0.2, 0) is 4.79 Å². The van der Waals surface area contributed by atoms with Gasteiger partial charge >= 0.3 is 0 Å². The van der Waals surface area contributed by atoms with Crippen molar-refractivity contribution in [2.45, 2.75) is 33.6 Å². The van der Waals surface area contributed by atoms with Crippen LogP contribution in [-0.4, -0.2) is 35.6 Å². The number of aromatic nitrogens is 2. The van der Waals surface area contributed by atoms with E-state index in [0.29, 0.717) is 12.5 Å². The molecule has 1 amide bonds. The standard InChI is InChI=1S/C26H30N4O3/c1-4-32-22-10-8-21(9-11-22)29-26(31)20-12-14-30(15-13-20)24-16-25(28-17-27-24)33-23-7-5-6-18(2)19(23)3/h5-11,16-17,20H,4,12-15H2,1-3H3,(H,29,31). The van der Waals surface area contributed by atoms with Crippen molar-refractivity contribution in [3.8, 4) is 17.4 Å². The molecule has 0 spiro atoms. The number of aryl methyl sites for hydroxylation is 1. The van der Waals surface area contributed by atoms with Crippen LogP contribution in [0.2, 0.25) is 0 Å². The Bertz CT molecular complexity index is 1090. The van der Waals surface area contributed by atoms with Gasteiger partial charge in [0.05, 0.1) is 6.61 Å². The molecule has 0 unspecified atom stereocenters. The molecule has 0 radical (unpaired) electrons. The number of carbonyl (C=O) groups excluding carboxylic acids is 1. The minimum atomic E-state index is -0.0275. The molecule has 1 aliphatic heterocycles. The van der Waals surface area contributed by atoms with Crippen LogP contribution in [0.25, 0.3) is 0 Å². The van der Waals surface area contributed by atoms with Crippen LogP contribution in [0.1, 0.15) is 30.9 Å². The first-order valence-electron chi connectivity index (χ1n) is 11.4. The van der Waals surface area contributed by atoms with Crippen molar-refractivity contribution < 1.29 is 14.3 Å². The summed E-state index contributed by atoms with van der Waals surface area (Å²) in [6, 6.07) is 15.3. The quantitative estimate of drug-likeness (QED) is 0.542. The van der Waals surface area contributed by atoms with E-state index in [1.54, 1.807) is 0 Å². The third-order valence-electron chi connectivity index (χ3n) is 6.02. The van der Waals surface area contributed by atoms with E-state index in [0.717, 1.165) is 54.5 Å². The van der Waals surface area contributed by atoms with Gasteiger partial charge in [0, 0.05) is 30.8 Å². The minimum absolute atomic E-state index is 0.0275. The summed E-state index contributed by atoms with van der Waals surface area (Å²) in [5.41, 5.74) is 3.05. The van der Waals surface area contributed by atoms with Crippen molar-refractivity contribution in [1.82, 2.24) is 9.97 Å². The monoisotopic (exact) mass is 446 g/mol. The van der Waals surface area contributed by atoms with E-state index in [4.69, 9.17) is 9.47 Å². The second-order valence-corrected chi connectivity index (χ2v) is 8.22. The summed E-state index contributed by atoms with van der Waals surface area (Å²) in [6.07, 6.45) is 3.06. The molecule has 172 valence electrons. The van der Waals surface area contributed by atoms with Crippen LogP contribution >= 0.6 is 0 Å². The highest BCUT2D eigenvalue weighted by Crippen LogP contribution is 2.29. The van der Waals surface area contributed by atoms with Gasteiger partial charge in [0.2, 0.25) is 11.8 Å². The lowest BCUT2D eigenvalue weighted by Crippen LogP contribution is -2.38. The number of hydrogen-bond acceptors (Lipinski definition) is 6. The van der Waals surface area contributed by atoms with E-state index in [1.807, 2.05) is 56.3 Å². The van der Waals surface area contributed by atoms with Crippen LogP contribution in [0.5, 0.6) is 17.4 Å². The van der Waals surface area contributed by atoms with Crippen LogP contribution in [0.3, 0.4) is 0 Å². The lowest BCUT2D eigenvalue weighted by atomic mass is 9.96. The molecule has 3 aromatic rings. The smallest absolute Gasteiger partial charge is 0.227 e. The van der Waals surface area contributed by atoms with Gasteiger partial charge in [0.1, 0.15) is 23.6 Å². The zero-order valence-electron chi connectivity index (χ0n) is 19.4. The highest BCUT2D eigenvalue weighted by molar-refractivity contribution is 5.92. The zero-order valence-corrected chi connectivity index (χ0v) is 19.4. The van der Waals surface area contributed by atoms with E-state index < -0.39 is 0 Å². The van der Waals surface area contributed by atoms with Crippen molar-refractivity contribution in [1.29, 1.82) is 0 Å². The van der Waals surface area contributed by atoms with Gasteiger partial charge in [-0.1, -0.05) is 12.1 Å². The molecule has 2 heterocycles. The fourth-order valence-electron chi connectivity index (χ4n) is 3.92. The molecular weight excluding hydrogens is 416 g/mol. The summed E-state index contributed by atoms with van der Waals surface area (Å²) in [4.78, 5) is 23.6. The second kappa shape index (κ2) is 10.3. The van der Waals surface area contributed by atoms with Crippen LogP contribution in [0, 0.1) is 19.8 Å². The first-order valence-corrected chi connectivity index (χ1v) is 11.4. The molecule has 2 aromatic carbocycles. The number of benzene rings is 2. The van der Waals surface area contributed by atoms with Crippen molar-refractivity contribution >= 4 is 17.4 Å². The van der Waals surface area contributed by atoms with E-state index in [1.165, 1.54) is 11.9 Å². The maximum atomic E-state index is 12.7. The number of nitrogens with zero attached hydrogens (tertiary/aromatic N) is 3. The number of piperidine rings is 1. The van der Waals surface area contributed by atoms with Gasteiger partial charge in [-0.15, -0.1) is 0 Å². The molecule has 1 fully saturated rings. The molecule has 33 heavy (non-hydrogen) atoms. The van der Waals surface area contributed by atoms with Crippen molar-refractivity contribution in [2.75, 3.05) is 29.9 Å². The predicted octanol–water partition coefficient (Wildman–Crippen LogP) is 5.14. The van der Waals surface area contributed by atoms with Crippen molar-refractivity contribution in [3.05, 3.63) is 66.0 Å². The minimum Gasteiger partial charge on any atom is -0.494 e. The predicted molar refractivity (Wildman–Crippen MR) is 129 cm³/mol. The third-order valence-corrected chi connectivity index (χ3v) is 6.02. The molecule has 1 aliphatic rings. The Morgan fingerprint density at radius 3 is 2.58 bits per heavy atom. The first kappa shape index (κ1) is 22.6. The van der Waals surface area contributed by atoms with Gasteiger partial charge < -0.3 is 19.7 Å². The third kappa shape index (κ3) is 5.61. The van der Waals surface area contributed by atoms with Gasteiger partial charge in [-0.3, -0.25) is 4.79 Å². The summed E-state index contributed by atoms with van der Waals surface area (Å²) >= 11 is 0. The largest absolute Gasteiger partial charge is 0.494 e. The molecule has 0 bridgehead atoms. The molecule has 1 N–H and O–H groups in total.